The number of rotatable bonds is 8. The van der Waals surface area contributed by atoms with Crippen LogP contribution in [-0.4, -0.2) is 23.4 Å². The van der Waals surface area contributed by atoms with Gasteiger partial charge in [0.05, 0.1) is 18.6 Å². The van der Waals surface area contributed by atoms with Gasteiger partial charge in [-0.1, -0.05) is 11.6 Å². The van der Waals surface area contributed by atoms with E-state index in [1.165, 1.54) is 12.1 Å². The highest BCUT2D eigenvalue weighted by atomic mass is 35.5. The molecule has 0 aliphatic rings. The van der Waals surface area contributed by atoms with Gasteiger partial charge >= 0.3 is 0 Å². The van der Waals surface area contributed by atoms with Crippen molar-refractivity contribution in [3.8, 4) is 11.5 Å². The number of hydrogen-bond acceptors (Lipinski definition) is 7. The fourth-order valence-electron chi connectivity index (χ4n) is 2.70. The second kappa shape index (κ2) is 8.13. The predicted molar refractivity (Wildman–Crippen MR) is 99.0 cm³/mol. The Morgan fingerprint density at radius 3 is 2.67 bits per heavy atom. The Hall–Kier alpha value is -3.00. The summed E-state index contributed by atoms with van der Waals surface area (Å²) in [5.74, 6) is 0.121. The van der Waals surface area contributed by atoms with Gasteiger partial charge < -0.3 is 19.1 Å². The molecule has 0 radical (unpaired) electrons. The van der Waals surface area contributed by atoms with Gasteiger partial charge in [-0.3, -0.25) is 4.79 Å². The Labute approximate surface area is 158 Å². The van der Waals surface area contributed by atoms with Crippen molar-refractivity contribution in [2.45, 2.75) is 19.3 Å². The summed E-state index contributed by atoms with van der Waals surface area (Å²) in [4.78, 5) is 26.9. The topological polar surface area (TPSA) is 112 Å². The monoisotopic (exact) mass is 393 g/mol. The van der Waals surface area contributed by atoms with Crippen molar-refractivity contribution in [3.05, 3.63) is 55.7 Å². The first kappa shape index (κ1) is 18.8. The molecule has 3 rings (SSSR count). The molecule has 142 valence electrons. The SMILES string of the molecule is O=c1c2cc(Cl)ccc2oc2cc(OCCCCCO[N+](=O)[O-])cc(O)c12. The maximum atomic E-state index is 12.6. The molecule has 0 saturated carbocycles. The molecule has 1 N–H and O–H groups in total. The lowest BCUT2D eigenvalue weighted by molar-refractivity contribution is -0.757. The zero-order valence-corrected chi connectivity index (χ0v) is 14.9. The Morgan fingerprint density at radius 1 is 1.11 bits per heavy atom. The van der Waals surface area contributed by atoms with E-state index in [0.717, 1.165) is 0 Å². The molecule has 0 saturated heterocycles. The highest BCUT2D eigenvalue weighted by molar-refractivity contribution is 6.31. The van der Waals surface area contributed by atoms with E-state index in [2.05, 4.69) is 4.84 Å². The van der Waals surface area contributed by atoms with Crippen LogP contribution in [0.5, 0.6) is 11.5 Å². The van der Waals surface area contributed by atoms with Crippen LogP contribution in [-0.2, 0) is 4.84 Å². The average Bonchev–Trinajstić information content (AvgIpc) is 2.61. The number of phenols is 1. The molecule has 0 aliphatic carbocycles. The van der Waals surface area contributed by atoms with E-state index in [9.17, 15) is 20.0 Å². The van der Waals surface area contributed by atoms with Gasteiger partial charge in [0.25, 0.3) is 5.09 Å². The Morgan fingerprint density at radius 2 is 1.89 bits per heavy atom. The van der Waals surface area contributed by atoms with Crippen LogP contribution in [0.4, 0.5) is 0 Å². The third kappa shape index (κ3) is 4.40. The van der Waals surface area contributed by atoms with Crippen LogP contribution < -0.4 is 10.2 Å². The number of halogens is 1. The Balaban J connectivity index is 1.73. The van der Waals surface area contributed by atoms with Gasteiger partial charge in [-0.25, -0.2) is 0 Å². The van der Waals surface area contributed by atoms with Crippen molar-refractivity contribution < 1.29 is 24.2 Å². The van der Waals surface area contributed by atoms with E-state index >= 15 is 0 Å². The van der Waals surface area contributed by atoms with E-state index < -0.39 is 5.09 Å². The summed E-state index contributed by atoms with van der Waals surface area (Å²) in [6, 6.07) is 7.60. The van der Waals surface area contributed by atoms with E-state index in [4.69, 9.17) is 20.8 Å². The van der Waals surface area contributed by atoms with E-state index in [1.807, 2.05) is 0 Å². The van der Waals surface area contributed by atoms with Crippen LogP contribution in [0.3, 0.4) is 0 Å². The summed E-state index contributed by atoms with van der Waals surface area (Å²) in [6.07, 6.45) is 1.88. The molecule has 0 amide bonds. The van der Waals surface area contributed by atoms with Gasteiger partial charge in [-0.05, 0) is 37.5 Å². The first-order valence-electron chi connectivity index (χ1n) is 8.25. The third-order valence-electron chi connectivity index (χ3n) is 3.94. The van der Waals surface area contributed by atoms with Crippen LogP contribution in [0, 0.1) is 10.1 Å². The lowest BCUT2D eigenvalue weighted by Crippen LogP contribution is -2.04. The molecule has 1 heterocycles. The number of fused-ring (bicyclic) bond motifs is 2. The fourth-order valence-corrected chi connectivity index (χ4v) is 2.87. The molecule has 0 aliphatic heterocycles. The number of aromatic hydroxyl groups is 1. The number of phenolic OH excluding ortho intramolecular Hbond substituents is 1. The first-order valence-corrected chi connectivity index (χ1v) is 8.62. The first-order chi connectivity index (χ1) is 13.0. The van der Waals surface area contributed by atoms with Crippen molar-refractivity contribution in [1.82, 2.24) is 0 Å². The molecule has 0 fully saturated rings. The van der Waals surface area contributed by atoms with Gasteiger partial charge in [-0.2, -0.15) is 0 Å². The molecule has 3 aromatic rings. The molecule has 8 nitrogen and oxygen atoms in total. The van der Waals surface area contributed by atoms with Crippen LogP contribution >= 0.6 is 11.6 Å². The smallest absolute Gasteiger partial charge is 0.294 e. The Kier molecular flexibility index (Phi) is 5.66. The minimum absolute atomic E-state index is 0.0476. The molecule has 9 heteroatoms. The number of hydrogen-bond donors (Lipinski definition) is 1. The van der Waals surface area contributed by atoms with Crippen LogP contribution in [0.2, 0.25) is 5.02 Å². The van der Waals surface area contributed by atoms with Crippen LogP contribution in [0.1, 0.15) is 19.3 Å². The Bertz CT molecular complexity index is 1050. The van der Waals surface area contributed by atoms with Crippen LogP contribution in [0.25, 0.3) is 21.9 Å². The summed E-state index contributed by atoms with van der Waals surface area (Å²) < 4.78 is 11.3. The van der Waals surface area contributed by atoms with Gasteiger partial charge in [-0.15, -0.1) is 10.1 Å². The quantitative estimate of drug-likeness (QED) is 0.266. The summed E-state index contributed by atoms with van der Waals surface area (Å²) >= 11 is 5.92. The number of benzene rings is 2. The minimum atomic E-state index is -0.820. The van der Waals surface area contributed by atoms with Gasteiger partial charge in [0.15, 0.2) is 0 Å². The van der Waals surface area contributed by atoms with E-state index in [0.29, 0.717) is 42.2 Å². The molecule has 0 unspecified atom stereocenters. The average molecular weight is 394 g/mol. The summed E-state index contributed by atoms with van der Waals surface area (Å²) in [5.41, 5.74) is 0.201. The maximum Gasteiger partial charge on any atom is 0.294 e. The van der Waals surface area contributed by atoms with Gasteiger partial charge in [0, 0.05) is 17.2 Å². The molecular formula is C18H16ClNO7. The largest absolute Gasteiger partial charge is 0.507 e. The van der Waals surface area contributed by atoms with Crippen molar-refractivity contribution in [1.29, 1.82) is 0 Å². The molecule has 27 heavy (non-hydrogen) atoms. The summed E-state index contributed by atoms with van der Waals surface area (Å²) in [6.45, 7) is 0.392. The van der Waals surface area contributed by atoms with Crippen molar-refractivity contribution in [2.75, 3.05) is 13.2 Å². The van der Waals surface area contributed by atoms with Crippen LogP contribution in [0.15, 0.2) is 39.5 Å². The molecule has 0 spiro atoms. The lowest BCUT2D eigenvalue weighted by Gasteiger charge is -2.09. The molecule has 0 bridgehead atoms. The number of nitrogens with zero attached hydrogens (tertiary/aromatic N) is 1. The molecule has 1 aromatic heterocycles. The third-order valence-corrected chi connectivity index (χ3v) is 4.18. The second-order valence-corrected chi connectivity index (χ2v) is 6.29. The lowest BCUT2D eigenvalue weighted by atomic mass is 10.1. The molecule has 0 atom stereocenters. The summed E-state index contributed by atoms with van der Waals surface area (Å²) in [7, 11) is 0. The highest BCUT2D eigenvalue weighted by Gasteiger charge is 2.14. The van der Waals surface area contributed by atoms with E-state index in [1.54, 1.807) is 18.2 Å². The highest BCUT2D eigenvalue weighted by Crippen LogP contribution is 2.31. The standard InChI is InChI=1S/C18H16ClNO7/c19-11-4-5-15-13(8-11)18(22)17-14(21)9-12(10-16(17)27-15)25-6-2-1-3-7-26-20(23)24/h4-5,8-10,21H,1-3,6-7H2. The van der Waals surface area contributed by atoms with Gasteiger partial charge in [0.2, 0.25) is 5.43 Å². The number of ether oxygens (including phenoxy) is 1. The van der Waals surface area contributed by atoms with Gasteiger partial charge in [0.1, 0.15) is 28.1 Å². The van der Waals surface area contributed by atoms with Crippen molar-refractivity contribution in [2.24, 2.45) is 0 Å². The molecular weight excluding hydrogens is 378 g/mol. The zero-order chi connectivity index (χ0) is 19.4. The fraction of sp³-hybridized carbons (Fsp3) is 0.278. The minimum Gasteiger partial charge on any atom is -0.507 e. The number of unbranched alkanes of at least 4 members (excludes halogenated alkanes) is 2. The summed E-state index contributed by atoms with van der Waals surface area (Å²) in [5, 5.41) is 20.2. The van der Waals surface area contributed by atoms with Crippen molar-refractivity contribution >= 4 is 33.5 Å². The maximum absolute atomic E-state index is 12.6. The second-order valence-electron chi connectivity index (χ2n) is 5.85. The van der Waals surface area contributed by atoms with Crippen molar-refractivity contribution in [3.63, 3.8) is 0 Å². The van der Waals surface area contributed by atoms with E-state index in [-0.39, 0.29) is 34.1 Å². The predicted octanol–water partition coefficient (Wildman–Crippen LogP) is 4.06. The normalized spacial score (nSPS) is 11.0. The zero-order valence-electron chi connectivity index (χ0n) is 14.1. The molecule has 2 aromatic carbocycles.